The highest BCUT2D eigenvalue weighted by Crippen LogP contribution is 2.33. The van der Waals surface area contributed by atoms with E-state index in [0.717, 1.165) is 43.7 Å². The second-order valence-electron chi connectivity index (χ2n) is 6.97. The Balaban J connectivity index is 1.57. The van der Waals surface area contributed by atoms with Crippen LogP contribution in [0.5, 0.6) is 0 Å². The van der Waals surface area contributed by atoms with Crippen LogP contribution in [-0.4, -0.2) is 28.0 Å². The Morgan fingerprint density at radius 2 is 1.74 bits per heavy atom. The highest BCUT2D eigenvalue weighted by atomic mass is 19.1. The van der Waals surface area contributed by atoms with Gasteiger partial charge in [0.2, 0.25) is 0 Å². The zero-order valence-corrected chi connectivity index (χ0v) is 15.0. The first-order valence-electron chi connectivity index (χ1n) is 9.23. The molecule has 0 unspecified atom stereocenters. The summed E-state index contributed by atoms with van der Waals surface area (Å²) in [6, 6.07) is 13.3. The molecule has 1 aliphatic heterocycles. The Morgan fingerprint density at radius 3 is 2.56 bits per heavy atom. The fourth-order valence-electron chi connectivity index (χ4n) is 3.78. The zero-order chi connectivity index (χ0) is 18.6. The van der Waals surface area contributed by atoms with Crippen LogP contribution in [0, 0.1) is 11.6 Å². The molecular formula is C22H21F2N3. The van der Waals surface area contributed by atoms with Crippen LogP contribution in [0.15, 0.2) is 60.9 Å². The van der Waals surface area contributed by atoms with Crippen molar-refractivity contribution in [1.82, 2.24) is 14.9 Å². The third-order valence-corrected chi connectivity index (χ3v) is 5.07. The maximum atomic E-state index is 14.3. The molecule has 2 heterocycles. The molecule has 1 aromatic heterocycles. The number of benzene rings is 2. The fraction of sp³-hybridized carbons (Fsp3) is 0.273. The first kappa shape index (κ1) is 17.7. The highest BCUT2D eigenvalue weighted by Gasteiger charge is 2.26. The average Bonchev–Trinajstić information content (AvgIpc) is 2.70. The molecule has 27 heavy (non-hydrogen) atoms. The molecule has 1 atom stereocenters. The molecule has 1 aliphatic rings. The molecular weight excluding hydrogens is 344 g/mol. The van der Waals surface area contributed by atoms with Crippen molar-refractivity contribution in [2.24, 2.45) is 0 Å². The molecule has 3 nitrogen and oxygen atoms in total. The van der Waals surface area contributed by atoms with Gasteiger partial charge in [-0.05, 0) is 49.2 Å². The molecule has 2 aromatic carbocycles. The van der Waals surface area contributed by atoms with Gasteiger partial charge in [0.05, 0.1) is 11.4 Å². The van der Waals surface area contributed by atoms with Crippen molar-refractivity contribution < 1.29 is 8.78 Å². The van der Waals surface area contributed by atoms with Gasteiger partial charge in [-0.3, -0.25) is 14.9 Å². The summed E-state index contributed by atoms with van der Waals surface area (Å²) in [5.74, 6) is -0.301. The molecule has 1 fully saturated rings. The number of nitrogens with zero attached hydrogens (tertiary/aromatic N) is 3. The van der Waals surface area contributed by atoms with Gasteiger partial charge in [0, 0.05) is 37.0 Å². The van der Waals surface area contributed by atoms with E-state index in [-0.39, 0.29) is 17.6 Å². The first-order chi connectivity index (χ1) is 13.2. The van der Waals surface area contributed by atoms with Crippen molar-refractivity contribution in [3.8, 4) is 11.3 Å². The largest absolute Gasteiger partial charge is 0.298 e. The molecule has 3 aromatic rings. The van der Waals surface area contributed by atoms with Crippen LogP contribution < -0.4 is 0 Å². The zero-order valence-electron chi connectivity index (χ0n) is 15.0. The summed E-state index contributed by atoms with van der Waals surface area (Å²) >= 11 is 0. The van der Waals surface area contributed by atoms with E-state index in [4.69, 9.17) is 0 Å². The Kier molecular flexibility index (Phi) is 5.21. The fourth-order valence-corrected chi connectivity index (χ4v) is 3.78. The Morgan fingerprint density at radius 1 is 0.963 bits per heavy atom. The molecule has 0 aliphatic carbocycles. The Hall–Kier alpha value is -2.66. The van der Waals surface area contributed by atoms with Gasteiger partial charge in [-0.2, -0.15) is 0 Å². The lowest BCUT2D eigenvalue weighted by molar-refractivity contribution is 0.198. The Bertz CT molecular complexity index is 911. The van der Waals surface area contributed by atoms with Gasteiger partial charge in [-0.1, -0.05) is 24.3 Å². The van der Waals surface area contributed by atoms with Gasteiger partial charge >= 0.3 is 0 Å². The summed E-state index contributed by atoms with van der Waals surface area (Å²) in [6.45, 7) is 2.59. The summed E-state index contributed by atoms with van der Waals surface area (Å²) in [6.07, 6.45) is 5.34. The summed E-state index contributed by atoms with van der Waals surface area (Å²) in [5.41, 5.74) is 3.07. The van der Waals surface area contributed by atoms with Gasteiger partial charge in [-0.25, -0.2) is 8.78 Å². The third-order valence-electron chi connectivity index (χ3n) is 5.07. The quantitative estimate of drug-likeness (QED) is 0.665. The van der Waals surface area contributed by atoms with E-state index in [1.54, 1.807) is 24.5 Å². The molecule has 0 amide bonds. The molecule has 0 radical (unpaired) electrons. The number of piperidine rings is 1. The van der Waals surface area contributed by atoms with Crippen molar-refractivity contribution in [2.45, 2.75) is 25.3 Å². The van der Waals surface area contributed by atoms with Gasteiger partial charge in [-0.15, -0.1) is 0 Å². The number of hydrogen-bond donors (Lipinski definition) is 0. The SMILES string of the molecule is Fc1ccc(CN2CCC[C@@H](c3nccnc3-c3ccccc3F)C2)cc1. The molecule has 0 N–H and O–H groups in total. The lowest BCUT2D eigenvalue weighted by atomic mass is 9.91. The van der Waals surface area contributed by atoms with Crippen LogP contribution in [-0.2, 0) is 6.54 Å². The van der Waals surface area contributed by atoms with Crippen molar-refractivity contribution in [3.63, 3.8) is 0 Å². The molecule has 0 bridgehead atoms. The Labute approximate surface area is 157 Å². The maximum Gasteiger partial charge on any atom is 0.132 e. The average molecular weight is 365 g/mol. The van der Waals surface area contributed by atoms with Crippen molar-refractivity contribution >= 4 is 0 Å². The van der Waals surface area contributed by atoms with Gasteiger partial charge in [0.25, 0.3) is 0 Å². The number of likely N-dealkylation sites (tertiary alicyclic amines) is 1. The summed E-state index contributed by atoms with van der Waals surface area (Å²) in [7, 11) is 0. The predicted octanol–water partition coefficient (Wildman–Crippen LogP) is 4.80. The second-order valence-corrected chi connectivity index (χ2v) is 6.97. The number of rotatable bonds is 4. The van der Waals surface area contributed by atoms with E-state index < -0.39 is 0 Å². The lowest BCUT2D eigenvalue weighted by Crippen LogP contribution is -2.34. The summed E-state index contributed by atoms with van der Waals surface area (Å²) in [4.78, 5) is 11.4. The van der Waals surface area contributed by atoms with Crippen LogP contribution in [0.4, 0.5) is 8.78 Å². The standard InChI is InChI=1S/C22H21F2N3/c23-18-9-7-16(8-10-18)14-27-13-3-4-17(15-27)21-22(26-12-11-25-21)19-5-1-2-6-20(19)24/h1-2,5-12,17H,3-4,13-15H2/t17-/m1/s1. The van der Waals surface area contributed by atoms with Crippen LogP contribution in [0.2, 0.25) is 0 Å². The molecule has 5 heteroatoms. The highest BCUT2D eigenvalue weighted by molar-refractivity contribution is 5.62. The van der Waals surface area contributed by atoms with Crippen LogP contribution in [0.25, 0.3) is 11.3 Å². The van der Waals surface area contributed by atoms with Crippen LogP contribution in [0.3, 0.4) is 0 Å². The van der Waals surface area contributed by atoms with E-state index in [2.05, 4.69) is 14.9 Å². The van der Waals surface area contributed by atoms with E-state index in [1.165, 1.54) is 18.2 Å². The summed E-state index contributed by atoms with van der Waals surface area (Å²) < 4.78 is 27.4. The van der Waals surface area contributed by atoms with Crippen molar-refractivity contribution in [1.29, 1.82) is 0 Å². The first-order valence-corrected chi connectivity index (χ1v) is 9.23. The van der Waals surface area contributed by atoms with Crippen molar-refractivity contribution in [3.05, 3.63) is 83.8 Å². The smallest absolute Gasteiger partial charge is 0.132 e. The predicted molar refractivity (Wildman–Crippen MR) is 101 cm³/mol. The van der Waals surface area contributed by atoms with Crippen molar-refractivity contribution in [2.75, 3.05) is 13.1 Å². The van der Waals surface area contributed by atoms with E-state index in [9.17, 15) is 8.78 Å². The minimum Gasteiger partial charge on any atom is -0.298 e. The molecule has 0 saturated carbocycles. The molecule has 1 saturated heterocycles. The minimum absolute atomic E-state index is 0.197. The molecule has 0 spiro atoms. The molecule has 4 rings (SSSR count). The number of halogens is 2. The number of hydrogen-bond acceptors (Lipinski definition) is 3. The third kappa shape index (κ3) is 4.03. The van der Waals surface area contributed by atoms with Crippen LogP contribution in [0.1, 0.15) is 30.0 Å². The lowest BCUT2D eigenvalue weighted by Gasteiger charge is -2.33. The van der Waals surface area contributed by atoms with E-state index in [1.807, 2.05) is 18.2 Å². The van der Waals surface area contributed by atoms with Crippen LogP contribution >= 0.6 is 0 Å². The van der Waals surface area contributed by atoms with Gasteiger partial charge < -0.3 is 0 Å². The monoisotopic (exact) mass is 365 g/mol. The van der Waals surface area contributed by atoms with E-state index >= 15 is 0 Å². The molecule has 138 valence electrons. The minimum atomic E-state index is -0.279. The van der Waals surface area contributed by atoms with Gasteiger partial charge in [0.15, 0.2) is 0 Å². The maximum absolute atomic E-state index is 14.3. The second kappa shape index (κ2) is 7.92. The number of aromatic nitrogens is 2. The topological polar surface area (TPSA) is 29.0 Å². The normalized spacial score (nSPS) is 17.8. The summed E-state index contributed by atoms with van der Waals surface area (Å²) in [5, 5.41) is 0. The van der Waals surface area contributed by atoms with E-state index in [0.29, 0.717) is 11.3 Å². The van der Waals surface area contributed by atoms with Gasteiger partial charge in [0.1, 0.15) is 11.6 Å².